The summed E-state index contributed by atoms with van der Waals surface area (Å²) in [5.74, 6) is -0.414. The molecule has 152 valence electrons. The van der Waals surface area contributed by atoms with E-state index in [9.17, 15) is 14.4 Å². The normalized spacial score (nSPS) is 19.9. The van der Waals surface area contributed by atoms with Crippen LogP contribution >= 0.6 is 0 Å². The standard InChI is InChI=1S/C23H27N3O3/c1-16(2)14-19(17-10-6-4-7-11-17)24-20(27)15-26-21(28)23(3,25-22(26)29)18-12-8-5-9-13-18/h4-13,16,19H,14-15H2,1-3H3,(H,24,27)(H,25,29). The third-order valence-corrected chi connectivity index (χ3v) is 5.17. The predicted molar refractivity (Wildman–Crippen MR) is 111 cm³/mol. The Kier molecular flexibility index (Phi) is 6.01. The van der Waals surface area contributed by atoms with Gasteiger partial charge in [-0.3, -0.25) is 14.5 Å². The van der Waals surface area contributed by atoms with Crippen molar-refractivity contribution in [2.45, 2.75) is 38.8 Å². The number of hydrogen-bond donors (Lipinski definition) is 2. The zero-order valence-electron chi connectivity index (χ0n) is 17.0. The molecule has 0 bridgehead atoms. The van der Waals surface area contributed by atoms with Crippen LogP contribution in [-0.2, 0) is 15.1 Å². The minimum atomic E-state index is -1.17. The molecule has 2 atom stereocenters. The second-order valence-electron chi connectivity index (χ2n) is 7.97. The van der Waals surface area contributed by atoms with Crippen LogP contribution in [0, 0.1) is 5.92 Å². The van der Waals surface area contributed by atoms with Gasteiger partial charge in [-0.15, -0.1) is 0 Å². The number of nitrogens with zero attached hydrogens (tertiary/aromatic N) is 1. The highest BCUT2D eigenvalue weighted by atomic mass is 16.2. The average molecular weight is 393 g/mol. The number of urea groups is 1. The molecule has 0 radical (unpaired) electrons. The number of imide groups is 1. The van der Waals surface area contributed by atoms with Gasteiger partial charge in [-0.1, -0.05) is 74.5 Å². The van der Waals surface area contributed by atoms with E-state index in [0.717, 1.165) is 16.9 Å². The first-order valence-corrected chi connectivity index (χ1v) is 9.85. The van der Waals surface area contributed by atoms with Crippen molar-refractivity contribution in [1.29, 1.82) is 0 Å². The van der Waals surface area contributed by atoms with E-state index in [1.807, 2.05) is 48.5 Å². The lowest BCUT2D eigenvalue weighted by Crippen LogP contribution is -2.44. The SMILES string of the molecule is CC(C)CC(NC(=O)CN1C(=O)NC(C)(c2ccccc2)C1=O)c1ccccc1. The third-order valence-electron chi connectivity index (χ3n) is 5.17. The van der Waals surface area contributed by atoms with Gasteiger partial charge in [-0.05, 0) is 30.4 Å². The minimum absolute atomic E-state index is 0.176. The summed E-state index contributed by atoms with van der Waals surface area (Å²) in [6.45, 7) is 5.52. The second-order valence-corrected chi connectivity index (χ2v) is 7.97. The molecule has 1 saturated heterocycles. The molecule has 1 heterocycles. The Morgan fingerprint density at radius 3 is 2.21 bits per heavy atom. The van der Waals surface area contributed by atoms with Crippen molar-refractivity contribution in [3.8, 4) is 0 Å². The fourth-order valence-corrected chi connectivity index (χ4v) is 3.63. The maximum Gasteiger partial charge on any atom is 0.325 e. The van der Waals surface area contributed by atoms with E-state index in [4.69, 9.17) is 0 Å². The molecular weight excluding hydrogens is 366 g/mol. The second kappa shape index (κ2) is 8.47. The van der Waals surface area contributed by atoms with Crippen molar-refractivity contribution >= 4 is 17.8 Å². The first-order valence-electron chi connectivity index (χ1n) is 9.85. The molecular formula is C23H27N3O3. The predicted octanol–water partition coefficient (Wildman–Crippen LogP) is 3.36. The highest BCUT2D eigenvalue weighted by Gasteiger charge is 2.49. The van der Waals surface area contributed by atoms with Gasteiger partial charge in [0, 0.05) is 0 Å². The average Bonchev–Trinajstić information content (AvgIpc) is 2.92. The Morgan fingerprint density at radius 1 is 1.03 bits per heavy atom. The van der Waals surface area contributed by atoms with Gasteiger partial charge in [-0.2, -0.15) is 0 Å². The van der Waals surface area contributed by atoms with E-state index in [1.54, 1.807) is 19.1 Å². The van der Waals surface area contributed by atoms with E-state index in [1.165, 1.54) is 0 Å². The Bertz CT molecular complexity index is 883. The van der Waals surface area contributed by atoms with Crippen LogP contribution in [0.25, 0.3) is 0 Å². The van der Waals surface area contributed by atoms with Crippen LogP contribution in [0.5, 0.6) is 0 Å². The molecule has 2 aromatic rings. The van der Waals surface area contributed by atoms with Crippen LogP contribution in [0.1, 0.15) is 44.4 Å². The van der Waals surface area contributed by atoms with Crippen LogP contribution in [-0.4, -0.2) is 29.3 Å². The number of rotatable bonds is 7. The number of amides is 4. The van der Waals surface area contributed by atoms with Gasteiger partial charge >= 0.3 is 6.03 Å². The lowest BCUT2D eigenvalue weighted by Gasteiger charge is -2.23. The van der Waals surface area contributed by atoms with Gasteiger partial charge in [0.15, 0.2) is 0 Å². The quantitative estimate of drug-likeness (QED) is 0.708. The van der Waals surface area contributed by atoms with E-state index in [-0.39, 0.29) is 18.5 Å². The maximum absolute atomic E-state index is 13.0. The Balaban J connectivity index is 1.72. The van der Waals surface area contributed by atoms with Crippen LogP contribution in [0.3, 0.4) is 0 Å². The van der Waals surface area contributed by atoms with Crippen LogP contribution < -0.4 is 10.6 Å². The van der Waals surface area contributed by atoms with Crippen molar-refractivity contribution in [3.63, 3.8) is 0 Å². The lowest BCUT2D eigenvalue weighted by atomic mass is 9.92. The summed E-state index contributed by atoms with van der Waals surface area (Å²) in [6.07, 6.45) is 0.762. The summed E-state index contributed by atoms with van der Waals surface area (Å²) in [5, 5.41) is 5.71. The molecule has 4 amide bonds. The van der Waals surface area contributed by atoms with Crippen molar-refractivity contribution in [2.24, 2.45) is 5.92 Å². The van der Waals surface area contributed by atoms with Crippen molar-refractivity contribution in [2.75, 3.05) is 6.54 Å². The molecule has 6 nitrogen and oxygen atoms in total. The fraction of sp³-hybridized carbons (Fsp3) is 0.348. The Hall–Kier alpha value is -3.15. The molecule has 1 fully saturated rings. The molecule has 0 saturated carbocycles. The minimum Gasteiger partial charge on any atom is -0.348 e. The van der Waals surface area contributed by atoms with Gasteiger partial charge < -0.3 is 10.6 Å². The smallest absolute Gasteiger partial charge is 0.325 e. The maximum atomic E-state index is 13.0. The number of benzene rings is 2. The molecule has 1 aliphatic rings. The van der Waals surface area contributed by atoms with Crippen molar-refractivity contribution < 1.29 is 14.4 Å². The number of carbonyl (C=O) groups excluding carboxylic acids is 3. The summed E-state index contributed by atoms with van der Waals surface area (Å²) in [7, 11) is 0. The molecule has 1 aliphatic heterocycles. The third kappa shape index (κ3) is 4.47. The Morgan fingerprint density at radius 2 is 1.62 bits per heavy atom. The fourth-order valence-electron chi connectivity index (χ4n) is 3.63. The molecule has 0 aromatic heterocycles. The number of hydrogen-bond acceptors (Lipinski definition) is 3. The summed E-state index contributed by atoms with van der Waals surface area (Å²) >= 11 is 0. The molecule has 29 heavy (non-hydrogen) atoms. The zero-order valence-corrected chi connectivity index (χ0v) is 17.0. The zero-order chi connectivity index (χ0) is 21.0. The molecule has 3 rings (SSSR count). The van der Waals surface area contributed by atoms with Gasteiger partial charge in [0.1, 0.15) is 12.1 Å². The summed E-state index contributed by atoms with van der Waals surface area (Å²) in [4.78, 5) is 39.1. The van der Waals surface area contributed by atoms with Gasteiger partial charge in [-0.25, -0.2) is 4.79 Å². The first kappa shape index (κ1) is 20.6. The number of carbonyl (C=O) groups is 3. The summed E-state index contributed by atoms with van der Waals surface area (Å²) in [6, 6.07) is 18.0. The Labute approximate surface area is 171 Å². The molecule has 6 heteroatoms. The van der Waals surface area contributed by atoms with Crippen molar-refractivity contribution in [3.05, 3.63) is 71.8 Å². The molecule has 2 unspecified atom stereocenters. The molecule has 2 aromatic carbocycles. The van der Waals surface area contributed by atoms with Crippen LogP contribution in [0.15, 0.2) is 60.7 Å². The summed E-state index contributed by atoms with van der Waals surface area (Å²) < 4.78 is 0. The van der Waals surface area contributed by atoms with Crippen molar-refractivity contribution in [1.82, 2.24) is 15.5 Å². The van der Waals surface area contributed by atoms with Gasteiger partial charge in [0.25, 0.3) is 5.91 Å². The summed E-state index contributed by atoms with van der Waals surface area (Å²) in [5.41, 5.74) is 0.513. The highest BCUT2D eigenvalue weighted by Crippen LogP contribution is 2.28. The lowest BCUT2D eigenvalue weighted by molar-refractivity contribution is -0.135. The van der Waals surface area contributed by atoms with Crippen LogP contribution in [0.4, 0.5) is 4.79 Å². The van der Waals surface area contributed by atoms with E-state index in [0.29, 0.717) is 11.5 Å². The highest BCUT2D eigenvalue weighted by molar-refractivity contribution is 6.09. The monoisotopic (exact) mass is 393 g/mol. The van der Waals surface area contributed by atoms with E-state index < -0.39 is 17.5 Å². The first-order chi connectivity index (χ1) is 13.8. The molecule has 2 N–H and O–H groups in total. The number of nitrogens with one attached hydrogen (secondary N) is 2. The topological polar surface area (TPSA) is 78.5 Å². The van der Waals surface area contributed by atoms with Crippen LogP contribution in [0.2, 0.25) is 0 Å². The van der Waals surface area contributed by atoms with E-state index >= 15 is 0 Å². The largest absolute Gasteiger partial charge is 0.348 e. The van der Waals surface area contributed by atoms with Gasteiger partial charge in [0.2, 0.25) is 5.91 Å². The van der Waals surface area contributed by atoms with Gasteiger partial charge in [0.05, 0.1) is 6.04 Å². The molecule has 0 aliphatic carbocycles. The van der Waals surface area contributed by atoms with E-state index in [2.05, 4.69) is 24.5 Å². The molecule has 0 spiro atoms.